The van der Waals surface area contributed by atoms with E-state index in [1.165, 1.54) is 11.2 Å². The van der Waals surface area contributed by atoms with Crippen molar-refractivity contribution in [2.24, 2.45) is 0 Å². The van der Waals surface area contributed by atoms with E-state index >= 15 is 0 Å². The van der Waals surface area contributed by atoms with Crippen molar-refractivity contribution in [2.45, 2.75) is 6.92 Å². The fraction of sp³-hybridized carbons (Fsp3) is 0.857. The third-order valence-corrected chi connectivity index (χ3v) is 4.47. The molecule has 14 heavy (non-hydrogen) atoms. The second kappa shape index (κ2) is 4.46. The molecule has 82 valence electrons. The minimum absolute atomic E-state index is 0.0204. The summed E-state index contributed by atoms with van der Waals surface area (Å²) in [6.45, 7) is 3.06. The van der Waals surface area contributed by atoms with E-state index in [0.717, 1.165) is 0 Å². The maximum absolute atomic E-state index is 11.3. The van der Waals surface area contributed by atoms with E-state index in [0.29, 0.717) is 26.2 Å². The molecule has 1 rings (SSSR count). The first-order valence-corrected chi connectivity index (χ1v) is 6.41. The molecule has 0 aromatic rings. The average Bonchev–Trinajstić information content (AvgIpc) is 2.18. The highest BCUT2D eigenvalue weighted by molar-refractivity contribution is 7.90. The lowest BCUT2D eigenvalue weighted by Gasteiger charge is -2.32. The molecule has 1 amide bonds. The Morgan fingerprint density at radius 3 is 2.14 bits per heavy atom. The standard InChI is InChI=1S/C7H13ClN2O3S/c1-7(11)9-2-4-10(5-3-9)14(12,13)6-8/h2-6H2,1H3. The Hall–Kier alpha value is -0.330. The van der Waals surface area contributed by atoms with Crippen LogP contribution >= 0.6 is 11.6 Å². The average molecular weight is 241 g/mol. The number of sulfonamides is 1. The van der Waals surface area contributed by atoms with Crippen LogP contribution in [0.3, 0.4) is 0 Å². The van der Waals surface area contributed by atoms with Crippen LogP contribution in [0.25, 0.3) is 0 Å². The molecule has 0 aromatic carbocycles. The van der Waals surface area contributed by atoms with E-state index in [4.69, 9.17) is 11.6 Å². The molecule has 1 aliphatic rings. The molecule has 1 fully saturated rings. The van der Waals surface area contributed by atoms with E-state index in [1.807, 2.05) is 0 Å². The molecular weight excluding hydrogens is 228 g/mol. The van der Waals surface area contributed by atoms with Gasteiger partial charge in [0.25, 0.3) is 0 Å². The molecule has 0 unspecified atom stereocenters. The van der Waals surface area contributed by atoms with Crippen LogP contribution in [0, 0.1) is 0 Å². The molecule has 0 radical (unpaired) electrons. The number of carbonyl (C=O) groups is 1. The summed E-state index contributed by atoms with van der Waals surface area (Å²) in [7, 11) is -3.31. The van der Waals surface area contributed by atoms with Gasteiger partial charge in [0.05, 0.1) is 0 Å². The summed E-state index contributed by atoms with van der Waals surface area (Å²) in [6, 6.07) is 0. The second-order valence-corrected chi connectivity index (χ2v) is 5.68. The van der Waals surface area contributed by atoms with Crippen molar-refractivity contribution < 1.29 is 13.2 Å². The van der Waals surface area contributed by atoms with Crippen molar-refractivity contribution in [1.29, 1.82) is 0 Å². The molecule has 0 N–H and O–H groups in total. The van der Waals surface area contributed by atoms with Gasteiger partial charge in [-0.1, -0.05) is 0 Å². The van der Waals surface area contributed by atoms with Crippen LogP contribution in [0.2, 0.25) is 0 Å². The predicted molar refractivity (Wildman–Crippen MR) is 53.5 cm³/mol. The summed E-state index contributed by atoms with van der Waals surface area (Å²) >= 11 is 5.32. The Balaban J connectivity index is 2.56. The summed E-state index contributed by atoms with van der Waals surface area (Å²) in [6.07, 6.45) is 0. The maximum atomic E-state index is 11.3. The Bertz CT molecular complexity index is 309. The van der Waals surface area contributed by atoms with Gasteiger partial charge in [0.2, 0.25) is 15.9 Å². The highest BCUT2D eigenvalue weighted by Gasteiger charge is 2.26. The van der Waals surface area contributed by atoms with Crippen LogP contribution in [-0.2, 0) is 14.8 Å². The van der Waals surface area contributed by atoms with E-state index in [-0.39, 0.29) is 5.91 Å². The normalized spacial score (nSPS) is 19.7. The first kappa shape index (κ1) is 11.7. The number of amides is 1. The number of piperazine rings is 1. The molecule has 0 saturated carbocycles. The third kappa shape index (κ3) is 2.59. The first-order valence-electron chi connectivity index (χ1n) is 4.26. The smallest absolute Gasteiger partial charge is 0.228 e. The molecule has 7 heteroatoms. The van der Waals surface area contributed by atoms with Crippen molar-refractivity contribution in [2.75, 3.05) is 31.4 Å². The van der Waals surface area contributed by atoms with Gasteiger partial charge in [-0.2, -0.15) is 4.31 Å². The third-order valence-electron chi connectivity index (χ3n) is 2.22. The van der Waals surface area contributed by atoms with Crippen LogP contribution in [0.1, 0.15) is 6.92 Å². The number of nitrogens with zero attached hydrogens (tertiary/aromatic N) is 2. The van der Waals surface area contributed by atoms with Crippen molar-refractivity contribution in [1.82, 2.24) is 9.21 Å². The first-order chi connectivity index (χ1) is 6.47. The topological polar surface area (TPSA) is 57.7 Å². The Morgan fingerprint density at radius 2 is 1.79 bits per heavy atom. The van der Waals surface area contributed by atoms with Gasteiger partial charge in [-0.3, -0.25) is 4.79 Å². The molecule has 0 spiro atoms. The van der Waals surface area contributed by atoms with E-state index < -0.39 is 15.2 Å². The SMILES string of the molecule is CC(=O)N1CCN(S(=O)(=O)CCl)CC1. The molecule has 5 nitrogen and oxygen atoms in total. The summed E-state index contributed by atoms with van der Waals surface area (Å²) in [4.78, 5) is 12.6. The van der Waals surface area contributed by atoms with Crippen LogP contribution < -0.4 is 0 Å². The largest absolute Gasteiger partial charge is 0.340 e. The lowest BCUT2D eigenvalue weighted by Crippen LogP contribution is -2.50. The molecular formula is C7H13ClN2O3S. The summed E-state index contributed by atoms with van der Waals surface area (Å²) in [5, 5.41) is -0.396. The fourth-order valence-electron chi connectivity index (χ4n) is 1.35. The molecule has 0 bridgehead atoms. The van der Waals surface area contributed by atoms with Gasteiger partial charge >= 0.3 is 0 Å². The molecule has 0 atom stereocenters. The van der Waals surface area contributed by atoms with Gasteiger partial charge in [-0.05, 0) is 0 Å². The lowest BCUT2D eigenvalue weighted by molar-refractivity contribution is -0.129. The number of hydrogen-bond acceptors (Lipinski definition) is 3. The number of alkyl halides is 1. The Labute approximate surface area is 88.7 Å². The van der Waals surface area contributed by atoms with Gasteiger partial charge in [0, 0.05) is 33.1 Å². The van der Waals surface area contributed by atoms with Crippen LogP contribution in [0.5, 0.6) is 0 Å². The highest BCUT2D eigenvalue weighted by atomic mass is 35.5. The number of rotatable bonds is 2. The van der Waals surface area contributed by atoms with Gasteiger partial charge in [0.15, 0.2) is 0 Å². The molecule has 1 aliphatic heterocycles. The Kier molecular flexibility index (Phi) is 3.74. The monoisotopic (exact) mass is 240 g/mol. The molecule has 1 saturated heterocycles. The zero-order chi connectivity index (χ0) is 10.8. The molecule has 1 heterocycles. The van der Waals surface area contributed by atoms with Crippen molar-refractivity contribution in [3.05, 3.63) is 0 Å². The number of halogens is 1. The lowest BCUT2D eigenvalue weighted by atomic mass is 10.3. The minimum atomic E-state index is -3.31. The minimum Gasteiger partial charge on any atom is -0.340 e. The van der Waals surface area contributed by atoms with Crippen LogP contribution in [0.4, 0.5) is 0 Å². The van der Waals surface area contributed by atoms with Crippen molar-refractivity contribution in [3.8, 4) is 0 Å². The van der Waals surface area contributed by atoms with E-state index in [1.54, 1.807) is 4.90 Å². The van der Waals surface area contributed by atoms with E-state index in [9.17, 15) is 13.2 Å². The van der Waals surface area contributed by atoms with E-state index in [2.05, 4.69) is 0 Å². The van der Waals surface area contributed by atoms with Crippen molar-refractivity contribution >= 4 is 27.5 Å². The summed E-state index contributed by atoms with van der Waals surface area (Å²) in [5.74, 6) is -0.0204. The number of hydrogen-bond donors (Lipinski definition) is 0. The summed E-state index contributed by atoms with van der Waals surface area (Å²) < 4.78 is 24.0. The van der Waals surface area contributed by atoms with Gasteiger partial charge < -0.3 is 4.90 Å². The van der Waals surface area contributed by atoms with Gasteiger partial charge in [-0.15, -0.1) is 11.6 Å². The van der Waals surface area contributed by atoms with Gasteiger partial charge in [-0.25, -0.2) is 8.42 Å². The van der Waals surface area contributed by atoms with Crippen molar-refractivity contribution in [3.63, 3.8) is 0 Å². The summed E-state index contributed by atoms with van der Waals surface area (Å²) in [5.41, 5.74) is 0. The molecule has 0 aromatic heterocycles. The zero-order valence-electron chi connectivity index (χ0n) is 7.94. The number of carbonyl (C=O) groups excluding carboxylic acids is 1. The maximum Gasteiger partial charge on any atom is 0.228 e. The van der Waals surface area contributed by atoms with Crippen LogP contribution in [0.15, 0.2) is 0 Å². The van der Waals surface area contributed by atoms with Crippen LogP contribution in [-0.4, -0.2) is 54.9 Å². The quantitative estimate of drug-likeness (QED) is 0.622. The van der Waals surface area contributed by atoms with Gasteiger partial charge in [0.1, 0.15) is 5.21 Å². The fourth-order valence-corrected chi connectivity index (χ4v) is 2.62. The molecule has 0 aliphatic carbocycles. The second-order valence-electron chi connectivity index (χ2n) is 3.13. The highest BCUT2D eigenvalue weighted by Crippen LogP contribution is 2.08. The predicted octanol–water partition coefficient (Wildman–Crippen LogP) is -0.323. The zero-order valence-corrected chi connectivity index (χ0v) is 9.51. The Morgan fingerprint density at radius 1 is 1.29 bits per heavy atom.